The Morgan fingerprint density at radius 2 is 2.13 bits per heavy atom. The van der Waals surface area contributed by atoms with Gasteiger partial charge in [-0.1, -0.05) is 12.1 Å². The van der Waals surface area contributed by atoms with E-state index in [9.17, 15) is 4.39 Å². The molecule has 0 amide bonds. The molecular formula is C19H23FN2O. The Morgan fingerprint density at radius 1 is 1.26 bits per heavy atom. The van der Waals surface area contributed by atoms with Crippen LogP contribution in [0.3, 0.4) is 0 Å². The van der Waals surface area contributed by atoms with Gasteiger partial charge in [0, 0.05) is 25.4 Å². The molecule has 1 unspecified atom stereocenters. The summed E-state index contributed by atoms with van der Waals surface area (Å²) in [5.41, 5.74) is 3.04. The van der Waals surface area contributed by atoms with Crippen LogP contribution in [0.5, 0.6) is 5.88 Å². The second-order valence-electron chi connectivity index (χ2n) is 6.38. The first-order valence-electron chi connectivity index (χ1n) is 8.10. The second kappa shape index (κ2) is 7.09. The summed E-state index contributed by atoms with van der Waals surface area (Å²) in [4.78, 5) is 6.59. The number of nitrogens with zero attached hydrogens (tertiary/aromatic N) is 2. The number of aryl methyl sites for hydroxylation is 1. The van der Waals surface area contributed by atoms with Crippen molar-refractivity contribution in [1.82, 2.24) is 9.88 Å². The Bertz CT molecular complexity index is 674. The van der Waals surface area contributed by atoms with Crippen LogP contribution in [0.25, 0.3) is 0 Å². The topological polar surface area (TPSA) is 25.4 Å². The van der Waals surface area contributed by atoms with Gasteiger partial charge in [-0.3, -0.25) is 4.90 Å². The van der Waals surface area contributed by atoms with Crippen molar-refractivity contribution in [3.63, 3.8) is 0 Å². The fraction of sp³-hybridized carbons (Fsp3) is 0.421. The molecule has 3 nitrogen and oxygen atoms in total. The van der Waals surface area contributed by atoms with Gasteiger partial charge in [0.25, 0.3) is 0 Å². The lowest BCUT2D eigenvalue weighted by molar-refractivity contribution is 0.315. The van der Waals surface area contributed by atoms with E-state index in [-0.39, 0.29) is 5.82 Å². The fourth-order valence-corrected chi connectivity index (χ4v) is 3.24. The molecule has 4 heteroatoms. The molecular weight excluding hydrogens is 291 g/mol. The molecule has 2 aromatic rings. The van der Waals surface area contributed by atoms with Crippen LogP contribution in [0, 0.1) is 18.7 Å². The normalized spacial score (nSPS) is 18.3. The van der Waals surface area contributed by atoms with E-state index in [4.69, 9.17) is 4.74 Å². The predicted molar refractivity (Wildman–Crippen MR) is 89.0 cm³/mol. The van der Waals surface area contributed by atoms with Crippen LogP contribution in [0.2, 0.25) is 0 Å². The number of ether oxygens (including phenoxy) is 1. The van der Waals surface area contributed by atoms with Crippen molar-refractivity contribution >= 4 is 0 Å². The lowest BCUT2D eigenvalue weighted by Crippen LogP contribution is -2.20. The number of hydrogen-bond donors (Lipinski definition) is 0. The lowest BCUT2D eigenvalue weighted by Gasteiger charge is -2.16. The van der Waals surface area contributed by atoms with Gasteiger partial charge in [-0.25, -0.2) is 9.37 Å². The molecule has 2 heterocycles. The average molecular weight is 314 g/mol. The Kier molecular flexibility index (Phi) is 4.91. The first kappa shape index (κ1) is 15.9. The van der Waals surface area contributed by atoms with E-state index in [1.165, 1.54) is 5.56 Å². The van der Waals surface area contributed by atoms with Gasteiger partial charge < -0.3 is 4.74 Å². The van der Waals surface area contributed by atoms with Crippen molar-refractivity contribution in [3.8, 4) is 5.88 Å². The molecule has 122 valence electrons. The number of methoxy groups -OCH3 is 1. The monoisotopic (exact) mass is 314 g/mol. The molecule has 3 rings (SSSR count). The Hall–Kier alpha value is -1.94. The van der Waals surface area contributed by atoms with E-state index >= 15 is 0 Å². The highest BCUT2D eigenvalue weighted by atomic mass is 19.1. The summed E-state index contributed by atoms with van der Waals surface area (Å²) in [6.45, 7) is 4.86. The molecule has 1 fully saturated rings. The predicted octanol–water partition coefficient (Wildman–Crippen LogP) is 3.60. The van der Waals surface area contributed by atoms with Crippen molar-refractivity contribution in [1.29, 1.82) is 0 Å². The van der Waals surface area contributed by atoms with E-state index in [0.717, 1.165) is 38.0 Å². The molecule has 1 atom stereocenters. The van der Waals surface area contributed by atoms with Gasteiger partial charge in [-0.05, 0) is 61.1 Å². The van der Waals surface area contributed by atoms with Crippen molar-refractivity contribution in [3.05, 3.63) is 59.0 Å². The standard InChI is InChI=1S/C19H23FN2O/c1-14-3-4-15(10-18(14)20)9-17-6-8-22(13-17)12-16-5-7-21-19(11-16)23-2/h3-5,7,10-11,17H,6,8-9,12-13H2,1-2H3. The molecule has 0 N–H and O–H groups in total. The van der Waals surface area contributed by atoms with Crippen LogP contribution in [0.1, 0.15) is 23.1 Å². The molecule has 1 saturated heterocycles. The first-order valence-corrected chi connectivity index (χ1v) is 8.10. The van der Waals surface area contributed by atoms with Gasteiger partial charge in [0.1, 0.15) is 5.82 Å². The summed E-state index contributed by atoms with van der Waals surface area (Å²) >= 11 is 0. The van der Waals surface area contributed by atoms with Crippen LogP contribution in [0.4, 0.5) is 4.39 Å². The third-order valence-corrected chi connectivity index (χ3v) is 4.55. The maximum atomic E-state index is 13.7. The maximum Gasteiger partial charge on any atom is 0.213 e. The van der Waals surface area contributed by atoms with Crippen LogP contribution in [0.15, 0.2) is 36.5 Å². The molecule has 1 aromatic carbocycles. The van der Waals surface area contributed by atoms with E-state index in [1.54, 1.807) is 26.3 Å². The summed E-state index contributed by atoms with van der Waals surface area (Å²) in [6, 6.07) is 9.63. The molecule has 1 aliphatic rings. The van der Waals surface area contributed by atoms with Crippen LogP contribution < -0.4 is 4.74 Å². The molecule has 0 spiro atoms. The number of rotatable bonds is 5. The number of hydrogen-bond acceptors (Lipinski definition) is 3. The first-order chi connectivity index (χ1) is 11.1. The van der Waals surface area contributed by atoms with Gasteiger partial charge in [-0.15, -0.1) is 0 Å². The van der Waals surface area contributed by atoms with Gasteiger partial charge in [0.05, 0.1) is 7.11 Å². The molecule has 0 saturated carbocycles. The molecule has 23 heavy (non-hydrogen) atoms. The number of pyridine rings is 1. The minimum Gasteiger partial charge on any atom is -0.481 e. The smallest absolute Gasteiger partial charge is 0.213 e. The van der Waals surface area contributed by atoms with Gasteiger partial charge in [0.2, 0.25) is 5.88 Å². The van der Waals surface area contributed by atoms with Crippen molar-refractivity contribution in [2.45, 2.75) is 26.3 Å². The minimum absolute atomic E-state index is 0.0961. The third-order valence-electron chi connectivity index (χ3n) is 4.55. The maximum absolute atomic E-state index is 13.7. The summed E-state index contributed by atoms with van der Waals surface area (Å²) in [7, 11) is 1.64. The number of likely N-dealkylation sites (tertiary alicyclic amines) is 1. The van der Waals surface area contributed by atoms with Crippen molar-refractivity contribution in [2.75, 3.05) is 20.2 Å². The quantitative estimate of drug-likeness (QED) is 0.843. The van der Waals surface area contributed by atoms with Crippen molar-refractivity contribution in [2.24, 2.45) is 5.92 Å². The zero-order valence-electron chi connectivity index (χ0n) is 13.8. The van der Waals surface area contributed by atoms with Crippen molar-refractivity contribution < 1.29 is 9.13 Å². The molecule has 0 radical (unpaired) electrons. The zero-order valence-corrected chi connectivity index (χ0v) is 13.8. The van der Waals surface area contributed by atoms with Gasteiger partial charge >= 0.3 is 0 Å². The minimum atomic E-state index is -0.0961. The van der Waals surface area contributed by atoms with Crippen LogP contribution >= 0.6 is 0 Å². The highest BCUT2D eigenvalue weighted by Crippen LogP contribution is 2.23. The number of halogens is 1. The zero-order chi connectivity index (χ0) is 16.2. The van der Waals surface area contributed by atoms with Crippen LogP contribution in [-0.2, 0) is 13.0 Å². The molecule has 0 bridgehead atoms. The SMILES string of the molecule is COc1cc(CN2CCC(Cc3ccc(C)c(F)c3)C2)ccn1. The van der Waals surface area contributed by atoms with Crippen LogP contribution in [-0.4, -0.2) is 30.1 Å². The summed E-state index contributed by atoms with van der Waals surface area (Å²) in [5.74, 6) is 1.16. The van der Waals surface area contributed by atoms with E-state index < -0.39 is 0 Å². The highest BCUT2D eigenvalue weighted by molar-refractivity contribution is 5.24. The van der Waals surface area contributed by atoms with E-state index in [2.05, 4.69) is 16.0 Å². The van der Waals surface area contributed by atoms with E-state index in [1.807, 2.05) is 18.2 Å². The summed E-state index contributed by atoms with van der Waals surface area (Å²) < 4.78 is 18.8. The molecule has 1 aromatic heterocycles. The average Bonchev–Trinajstić information content (AvgIpc) is 2.98. The fourth-order valence-electron chi connectivity index (χ4n) is 3.24. The number of aromatic nitrogens is 1. The summed E-state index contributed by atoms with van der Waals surface area (Å²) in [5, 5.41) is 0. The Labute approximate surface area is 137 Å². The van der Waals surface area contributed by atoms with E-state index in [0.29, 0.717) is 17.4 Å². The highest BCUT2D eigenvalue weighted by Gasteiger charge is 2.23. The Balaban J connectivity index is 1.56. The molecule has 0 aliphatic carbocycles. The Morgan fingerprint density at radius 3 is 2.91 bits per heavy atom. The largest absolute Gasteiger partial charge is 0.481 e. The van der Waals surface area contributed by atoms with Gasteiger partial charge in [0.15, 0.2) is 0 Å². The lowest BCUT2D eigenvalue weighted by atomic mass is 9.98. The summed E-state index contributed by atoms with van der Waals surface area (Å²) in [6.07, 6.45) is 3.90. The second-order valence-corrected chi connectivity index (χ2v) is 6.38. The number of benzene rings is 1. The van der Waals surface area contributed by atoms with Gasteiger partial charge in [-0.2, -0.15) is 0 Å². The molecule has 1 aliphatic heterocycles. The third kappa shape index (κ3) is 4.08.